The SMILES string of the molecule is Cl.NC1(C(=O)NCCC2CCCCO2)CCCCC1. The molecule has 19 heavy (non-hydrogen) atoms. The number of amides is 1. The third-order valence-electron chi connectivity index (χ3n) is 4.22. The Kier molecular flexibility index (Phi) is 7.11. The van der Waals surface area contributed by atoms with E-state index in [1.165, 1.54) is 19.3 Å². The Morgan fingerprint density at radius 2 is 1.95 bits per heavy atom. The first-order chi connectivity index (χ1) is 8.71. The number of rotatable bonds is 4. The Balaban J connectivity index is 0.00000180. The molecule has 1 aliphatic carbocycles. The summed E-state index contributed by atoms with van der Waals surface area (Å²) in [7, 11) is 0. The van der Waals surface area contributed by atoms with Gasteiger partial charge in [0.1, 0.15) is 0 Å². The van der Waals surface area contributed by atoms with E-state index in [1.807, 2.05) is 0 Å². The second-order valence-electron chi connectivity index (χ2n) is 5.75. The quantitative estimate of drug-likeness (QED) is 0.834. The number of hydrogen-bond donors (Lipinski definition) is 2. The summed E-state index contributed by atoms with van der Waals surface area (Å²) in [6, 6.07) is 0. The van der Waals surface area contributed by atoms with Crippen molar-refractivity contribution in [1.29, 1.82) is 0 Å². The van der Waals surface area contributed by atoms with Crippen LogP contribution in [0.3, 0.4) is 0 Å². The smallest absolute Gasteiger partial charge is 0.240 e. The van der Waals surface area contributed by atoms with Crippen molar-refractivity contribution in [1.82, 2.24) is 5.32 Å². The van der Waals surface area contributed by atoms with Gasteiger partial charge in [-0.3, -0.25) is 4.79 Å². The van der Waals surface area contributed by atoms with E-state index in [1.54, 1.807) is 0 Å². The van der Waals surface area contributed by atoms with Crippen molar-refractivity contribution in [2.24, 2.45) is 5.73 Å². The van der Waals surface area contributed by atoms with Crippen molar-refractivity contribution >= 4 is 18.3 Å². The van der Waals surface area contributed by atoms with E-state index in [4.69, 9.17) is 10.5 Å². The Labute approximate surface area is 122 Å². The number of carbonyl (C=O) groups is 1. The molecule has 4 nitrogen and oxygen atoms in total. The van der Waals surface area contributed by atoms with Gasteiger partial charge < -0.3 is 15.8 Å². The van der Waals surface area contributed by atoms with Gasteiger partial charge in [-0.1, -0.05) is 19.3 Å². The van der Waals surface area contributed by atoms with Crippen molar-refractivity contribution in [3.05, 3.63) is 0 Å². The van der Waals surface area contributed by atoms with Crippen molar-refractivity contribution < 1.29 is 9.53 Å². The Morgan fingerprint density at radius 3 is 2.58 bits per heavy atom. The number of nitrogens with one attached hydrogen (secondary N) is 1. The third-order valence-corrected chi connectivity index (χ3v) is 4.22. The Hall–Kier alpha value is -0.320. The second kappa shape index (κ2) is 8.08. The van der Waals surface area contributed by atoms with E-state index in [0.29, 0.717) is 12.6 Å². The Bertz CT molecular complexity index is 275. The zero-order valence-electron chi connectivity index (χ0n) is 11.7. The molecule has 2 fully saturated rings. The molecule has 112 valence electrons. The zero-order chi connectivity index (χ0) is 12.8. The van der Waals surface area contributed by atoms with E-state index >= 15 is 0 Å². The normalized spacial score (nSPS) is 26.3. The van der Waals surface area contributed by atoms with E-state index in [0.717, 1.165) is 45.1 Å². The van der Waals surface area contributed by atoms with Gasteiger partial charge in [0, 0.05) is 13.2 Å². The molecule has 1 aliphatic heterocycles. The lowest BCUT2D eigenvalue weighted by molar-refractivity contribution is -0.127. The minimum absolute atomic E-state index is 0. The van der Waals surface area contributed by atoms with Crippen LogP contribution < -0.4 is 11.1 Å². The predicted octanol–water partition coefficient (Wildman–Crippen LogP) is 2.15. The summed E-state index contributed by atoms with van der Waals surface area (Å²) in [5.74, 6) is 0.0398. The van der Waals surface area contributed by atoms with Gasteiger partial charge in [-0.25, -0.2) is 0 Å². The van der Waals surface area contributed by atoms with Gasteiger partial charge in [-0.15, -0.1) is 12.4 Å². The maximum absolute atomic E-state index is 12.1. The molecule has 0 bridgehead atoms. The van der Waals surface area contributed by atoms with Crippen LogP contribution in [0.25, 0.3) is 0 Å². The van der Waals surface area contributed by atoms with Crippen LogP contribution in [0.2, 0.25) is 0 Å². The maximum Gasteiger partial charge on any atom is 0.240 e. The van der Waals surface area contributed by atoms with Gasteiger partial charge in [-0.2, -0.15) is 0 Å². The first-order valence-corrected chi connectivity index (χ1v) is 7.39. The largest absolute Gasteiger partial charge is 0.378 e. The summed E-state index contributed by atoms with van der Waals surface area (Å²) in [6.45, 7) is 1.57. The monoisotopic (exact) mass is 290 g/mol. The molecule has 1 heterocycles. The number of nitrogens with two attached hydrogens (primary N) is 1. The van der Waals surface area contributed by atoms with Gasteiger partial charge >= 0.3 is 0 Å². The molecule has 1 unspecified atom stereocenters. The Morgan fingerprint density at radius 1 is 1.21 bits per heavy atom. The fourth-order valence-electron chi connectivity index (χ4n) is 2.97. The molecule has 1 atom stereocenters. The van der Waals surface area contributed by atoms with Crippen LogP contribution in [0.1, 0.15) is 57.8 Å². The van der Waals surface area contributed by atoms with Gasteiger partial charge in [0.25, 0.3) is 0 Å². The molecule has 5 heteroatoms. The molecule has 1 saturated heterocycles. The van der Waals surface area contributed by atoms with Crippen molar-refractivity contribution in [3.8, 4) is 0 Å². The van der Waals surface area contributed by atoms with Crippen LogP contribution in [-0.4, -0.2) is 30.7 Å². The average Bonchev–Trinajstić information content (AvgIpc) is 2.41. The van der Waals surface area contributed by atoms with E-state index in [-0.39, 0.29) is 18.3 Å². The van der Waals surface area contributed by atoms with Crippen molar-refractivity contribution in [2.75, 3.05) is 13.2 Å². The van der Waals surface area contributed by atoms with Gasteiger partial charge in [0.05, 0.1) is 11.6 Å². The third kappa shape index (κ3) is 4.93. The molecule has 1 saturated carbocycles. The molecule has 2 aliphatic rings. The van der Waals surface area contributed by atoms with Crippen LogP contribution in [0.4, 0.5) is 0 Å². The van der Waals surface area contributed by atoms with Crippen LogP contribution >= 0.6 is 12.4 Å². The molecule has 0 aromatic carbocycles. The summed E-state index contributed by atoms with van der Waals surface area (Å²) in [5, 5.41) is 3.00. The van der Waals surface area contributed by atoms with E-state index in [2.05, 4.69) is 5.32 Å². The first kappa shape index (κ1) is 16.7. The molecule has 0 radical (unpaired) electrons. The molecule has 0 aromatic rings. The summed E-state index contributed by atoms with van der Waals surface area (Å²) in [4.78, 5) is 12.1. The minimum atomic E-state index is -0.605. The lowest BCUT2D eigenvalue weighted by atomic mass is 9.82. The fourth-order valence-corrected chi connectivity index (χ4v) is 2.97. The molecule has 0 spiro atoms. The van der Waals surface area contributed by atoms with Crippen LogP contribution in [-0.2, 0) is 9.53 Å². The lowest BCUT2D eigenvalue weighted by Gasteiger charge is -2.32. The predicted molar refractivity (Wildman–Crippen MR) is 78.5 cm³/mol. The van der Waals surface area contributed by atoms with Gasteiger partial charge in [-0.05, 0) is 38.5 Å². The summed E-state index contributed by atoms with van der Waals surface area (Å²) in [5.41, 5.74) is 5.57. The zero-order valence-corrected chi connectivity index (χ0v) is 12.5. The second-order valence-corrected chi connectivity index (χ2v) is 5.75. The lowest BCUT2D eigenvalue weighted by Crippen LogP contribution is -2.55. The molecule has 1 amide bonds. The first-order valence-electron chi connectivity index (χ1n) is 7.39. The topological polar surface area (TPSA) is 64.4 Å². The van der Waals surface area contributed by atoms with E-state index < -0.39 is 5.54 Å². The average molecular weight is 291 g/mol. The molecular formula is C14H27ClN2O2. The maximum atomic E-state index is 12.1. The molecular weight excluding hydrogens is 264 g/mol. The highest BCUT2D eigenvalue weighted by Gasteiger charge is 2.34. The molecule has 3 N–H and O–H groups in total. The minimum Gasteiger partial charge on any atom is -0.378 e. The summed E-state index contributed by atoms with van der Waals surface area (Å²) >= 11 is 0. The molecule has 2 rings (SSSR count). The fraction of sp³-hybridized carbons (Fsp3) is 0.929. The number of hydrogen-bond acceptors (Lipinski definition) is 3. The van der Waals surface area contributed by atoms with Crippen LogP contribution in [0.5, 0.6) is 0 Å². The summed E-state index contributed by atoms with van der Waals surface area (Å²) < 4.78 is 5.65. The van der Waals surface area contributed by atoms with Gasteiger partial charge in [0.15, 0.2) is 0 Å². The van der Waals surface area contributed by atoms with Crippen molar-refractivity contribution in [2.45, 2.75) is 69.4 Å². The van der Waals surface area contributed by atoms with Crippen molar-refractivity contribution in [3.63, 3.8) is 0 Å². The number of ether oxygens (including phenoxy) is 1. The summed E-state index contributed by atoms with van der Waals surface area (Å²) in [6.07, 6.45) is 9.84. The molecule has 0 aromatic heterocycles. The number of carbonyl (C=O) groups excluding carboxylic acids is 1. The van der Waals surface area contributed by atoms with Gasteiger partial charge in [0.2, 0.25) is 5.91 Å². The van der Waals surface area contributed by atoms with E-state index in [9.17, 15) is 4.79 Å². The number of halogens is 1. The van der Waals surface area contributed by atoms with Crippen LogP contribution in [0, 0.1) is 0 Å². The van der Waals surface area contributed by atoms with Crippen LogP contribution in [0.15, 0.2) is 0 Å². The standard InChI is InChI=1S/C14H26N2O2.ClH/c15-14(8-3-1-4-9-14)13(17)16-10-7-12-6-2-5-11-18-12;/h12H,1-11,15H2,(H,16,17);1H. The highest BCUT2D eigenvalue weighted by atomic mass is 35.5. The highest BCUT2D eigenvalue weighted by molar-refractivity contribution is 5.86. The highest BCUT2D eigenvalue weighted by Crippen LogP contribution is 2.26.